The molecule has 0 aromatic rings. The third-order valence-electron chi connectivity index (χ3n) is 2.17. The lowest BCUT2D eigenvalue weighted by Gasteiger charge is -2.25. The van der Waals surface area contributed by atoms with E-state index < -0.39 is 0 Å². The Morgan fingerprint density at radius 1 is 1.46 bits per heavy atom. The number of nitrogens with zero attached hydrogens (tertiary/aromatic N) is 2. The van der Waals surface area contributed by atoms with Gasteiger partial charge in [0.2, 0.25) is 5.12 Å². The average Bonchev–Trinajstić information content (AvgIpc) is 2.50. The van der Waals surface area contributed by atoms with E-state index in [0.717, 1.165) is 12.8 Å². The maximum Gasteiger partial charge on any atom is 0.320 e. The lowest BCUT2D eigenvalue weighted by molar-refractivity contribution is -0.114. The molecule has 0 unspecified atom stereocenters. The van der Waals surface area contributed by atoms with Gasteiger partial charge in [-0.25, -0.2) is 4.79 Å². The summed E-state index contributed by atoms with van der Waals surface area (Å²) < 4.78 is 0. The third-order valence-corrected chi connectivity index (χ3v) is 2.46. The first-order chi connectivity index (χ1) is 6.04. The smallest absolute Gasteiger partial charge is 0.320 e. The van der Waals surface area contributed by atoms with Crippen LogP contribution in [0, 0.1) is 0 Å². The van der Waals surface area contributed by atoms with E-state index in [0.29, 0.717) is 6.54 Å². The first-order valence-corrected chi connectivity index (χ1v) is 4.69. The van der Waals surface area contributed by atoms with Crippen molar-refractivity contribution >= 4 is 23.8 Å². The summed E-state index contributed by atoms with van der Waals surface area (Å²) in [6.07, 6.45) is 1.62. The topological polar surface area (TPSA) is 40.6 Å². The van der Waals surface area contributed by atoms with Crippen LogP contribution in [0.25, 0.3) is 0 Å². The van der Waals surface area contributed by atoms with Crippen molar-refractivity contribution in [2.24, 2.45) is 0 Å². The first-order valence-electron chi connectivity index (χ1n) is 4.24. The molecule has 2 amide bonds. The standard InChI is InChI=1S/C8H14N2O2S/c1-9(2)8(12)10-5-3-4-6(10)7(11)13/h6H,3-5H2,1-2H3,(H,11,13)/t6-/m0/s1. The first kappa shape index (κ1) is 10.4. The molecule has 0 radical (unpaired) electrons. The van der Waals surface area contributed by atoms with Gasteiger partial charge in [0.15, 0.2) is 0 Å². The molecular formula is C8H14N2O2S. The molecule has 1 fully saturated rings. The van der Waals surface area contributed by atoms with E-state index in [4.69, 9.17) is 0 Å². The van der Waals surface area contributed by atoms with Gasteiger partial charge >= 0.3 is 6.03 Å². The van der Waals surface area contributed by atoms with Crippen LogP contribution in [0.1, 0.15) is 12.8 Å². The number of carbonyl (C=O) groups is 2. The van der Waals surface area contributed by atoms with Crippen LogP contribution >= 0.6 is 12.6 Å². The molecule has 0 N–H and O–H groups in total. The van der Waals surface area contributed by atoms with Crippen LogP contribution in [0.5, 0.6) is 0 Å². The lowest BCUT2D eigenvalue weighted by Crippen LogP contribution is -2.44. The Hall–Kier alpha value is -0.710. The zero-order chi connectivity index (χ0) is 10.0. The number of amides is 2. The molecule has 0 bridgehead atoms. The fourth-order valence-electron chi connectivity index (χ4n) is 1.51. The molecule has 1 rings (SSSR count). The minimum absolute atomic E-state index is 0.107. The summed E-state index contributed by atoms with van der Waals surface area (Å²) >= 11 is 3.76. The Balaban J connectivity index is 2.68. The molecule has 1 aliphatic heterocycles. The monoisotopic (exact) mass is 202 g/mol. The second kappa shape index (κ2) is 4.00. The van der Waals surface area contributed by atoms with Crippen molar-refractivity contribution < 1.29 is 9.59 Å². The molecule has 1 aliphatic rings. The molecule has 1 heterocycles. The molecule has 0 aromatic heterocycles. The van der Waals surface area contributed by atoms with Gasteiger partial charge in [-0.05, 0) is 12.8 Å². The van der Waals surface area contributed by atoms with Crippen molar-refractivity contribution in [1.82, 2.24) is 9.80 Å². The highest BCUT2D eigenvalue weighted by atomic mass is 32.1. The maximum atomic E-state index is 11.5. The van der Waals surface area contributed by atoms with Crippen molar-refractivity contribution in [1.29, 1.82) is 0 Å². The Morgan fingerprint density at radius 3 is 2.54 bits per heavy atom. The molecule has 4 nitrogen and oxygen atoms in total. The fraction of sp³-hybridized carbons (Fsp3) is 0.750. The molecule has 0 saturated carbocycles. The van der Waals surface area contributed by atoms with Crippen LogP contribution in [0.2, 0.25) is 0 Å². The van der Waals surface area contributed by atoms with E-state index in [-0.39, 0.29) is 17.2 Å². The predicted octanol–water partition coefficient (Wildman–Crippen LogP) is 0.589. The number of hydrogen-bond acceptors (Lipinski definition) is 2. The summed E-state index contributed by atoms with van der Waals surface area (Å²) in [6.45, 7) is 0.661. The number of carbonyl (C=O) groups excluding carboxylic acids is 2. The van der Waals surface area contributed by atoms with E-state index >= 15 is 0 Å². The van der Waals surface area contributed by atoms with Crippen LogP contribution in [0.15, 0.2) is 0 Å². The highest BCUT2D eigenvalue weighted by molar-refractivity contribution is 7.96. The van der Waals surface area contributed by atoms with Crippen molar-refractivity contribution in [3.63, 3.8) is 0 Å². The van der Waals surface area contributed by atoms with Gasteiger partial charge in [-0.3, -0.25) is 4.79 Å². The van der Waals surface area contributed by atoms with Crippen LogP contribution in [0.4, 0.5) is 4.79 Å². The molecule has 0 spiro atoms. The number of likely N-dealkylation sites (tertiary alicyclic amines) is 1. The van der Waals surface area contributed by atoms with Gasteiger partial charge in [-0.1, -0.05) is 0 Å². The zero-order valence-electron chi connectivity index (χ0n) is 7.86. The van der Waals surface area contributed by atoms with E-state index in [1.165, 1.54) is 4.90 Å². The molecule has 0 aliphatic carbocycles. The number of rotatable bonds is 1. The SMILES string of the molecule is CN(C)C(=O)N1CCC[C@H]1C(=O)S. The highest BCUT2D eigenvalue weighted by Gasteiger charge is 2.32. The number of urea groups is 1. The normalized spacial score (nSPS) is 21.8. The van der Waals surface area contributed by atoms with Crippen molar-refractivity contribution in [2.45, 2.75) is 18.9 Å². The van der Waals surface area contributed by atoms with Gasteiger partial charge in [0.05, 0.1) is 0 Å². The van der Waals surface area contributed by atoms with Crippen molar-refractivity contribution in [3.8, 4) is 0 Å². The average molecular weight is 202 g/mol. The van der Waals surface area contributed by atoms with E-state index in [2.05, 4.69) is 12.6 Å². The Morgan fingerprint density at radius 2 is 2.08 bits per heavy atom. The lowest BCUT2D eigenvalue weighted by atomic mass is 10.2. The summed E-state index contributed by atoms with van der Waals surface area (Å²) in [7, 11) is 3.36. The molecule has 5 heteroatoms. The Kier molecular flexibility index (Phi) is 3.19. The minimum Gasteiger partial charge on any atom is -0.331 e. The molecule has 1 saturated heterocycles. The van der Waals surface area contributed by atoms with Crippen LogP contribution in [0.3, 0.4) is 0 Å². The quantitative estimate of drug-likeness (QED) is 0.632. The van der Waals surface area contributed by atoms with Gasteiger partial charge in [-0.15, -0.1) is 12.6 Å². The van der Waals surface area contributed by atoms with Crippen molar-refractivity contribution in [3.05, 3.63) is 0 Å². The van der Waals surface area contributed by atoms with E-state index in [9.17, 15) is 9.59 Å². The van der Waals surface area contributed by atoms with Gasteiger partial charge < -0.3 is 9.80 Å². The summed E-state index contributed by atoms with van der Waals surface area (Å²) in [4.78, 5) is 25.6. The van der Waals surface area contributed by atoms with Crippen LogP contribution in [-0.2, 0) is 4.79 Å². The maximum absolute atomic E-state index is 11.5. The highest BCUT2D eigenvalue weighted by Crippen LogP contribution is 2.20. The summed E-state index contributed by atoms with van der Waals surface area (Å²) in [5.74, 6) is 0. The third kappa shape index (κ3) is 2.15. The van der Waals surface area contributed by atoms with Crippen LogP contribution in [-0.4, -0.2) is 47.6 Å². The summed E-state index contributed by atoms with van der Waals surface area (Å²) in [5.41, 5.74) is 0. The molecular weight excluding hydrogens is 188 g/mol. The predicted molar refractivity (Wildman–Crippen MR) is 52.8 cm³/mol. The number of thiol groups is 1. The fourth-order valence-corrected chi connectivity index (χ4v) is 1.78. The number of hydrogen-bond donors (Lipinski definition) is 1. The molecule has 1 atom stereocenters. The van der Waals surface area contributed by atoms with Gasteiger partial charge in [0.1, 0.15) is 6.04 Å². The van der Waals surface area contributed by atoms with Gasteiger partial charge in [-0.2, -0.15) is 0 Å². The molecule has 74 valence electrons. The van der Waals surface area contributed by atoms with Crippen LogP contribution < -0.4 is 0 Å². The minimum atomic E-state index is -0.321. The largest absolute Gasteiger partial charge is 0.331 e. The zero-order valence-corrected chi connectivity index (χ0v) is 8.75. The summed E-state index contributed by atoms with van der Waals surface area (Å²) in [6, 6.07) is -0.428. The summed E-state index contributed by atoms with van der Waals surface area (Å²) in [5, 5.41) is -0.215. The second-order valence-corrected chi connectivity index (χ2v) is 3.81. The second-order valence-electron chi connectivity index (χ2n) is 3.37. The Bertz CT molecular complexity index is 230. The van der Waals surface area contributed by atoms with Gasteiger partial charge in [0.25, 0.3) is 0 Å². The van der Waals surface area contributed by atoms with Crippen molar-refractivity contribution in [2.75, 3.05) is 20.6 Å². The van der Waals surface area contributed by atoms with E-state index in [1.807, 2.05) is 0 Å². The van der Waals surface area contributed by atoms with E-state index in [1.54, 1.807) is 19.0 Å². The molecule has 0 aromatic carbocycles. The Labute approximate surface area is 83.3 Å². The van der Waals surface area contributed by atoms with Gasteiger partial charge in [0, 0.05) is 20.6 Å². The molecule has 13 heavy (non-hydrogen) atoms.